The highest BCUT2D eigenvalue weighted by Crippen LogP contribution is 2.67. The summed E-state index contributed by atoms with van der Waals surface area (Å²) in [6, 6.07) is 0. The van der Waals surface area contributed by atoms with E-state index in [4.69, 9.17) is 4.74 Å². The number of ether oxygens (including phenoxy) is 1. The van der Waals surface area contributed by atoms with Gasteiger partial charge in [0.2, 0.25) is 0 Å². The molecule has 32 heavy (non-hydrogen) atoms. The van der Waals surface area contributed by atoms with Crippen LogP contribution in [0.3, 0.4) is 0 Å². The van der Waals surface area contributed by atoms with Gasteiger partial charge in [-0.2, -0.15) is 0 Å². The predicted molar refractivity (Wildman–Crippen MR) is 127 cm³/mol. The summed E-state index contributed by atoms with van der Waals surface area (Å²) in [7, 11) is 0. The van der Waals surface area contributed by atoms with E-state index in [1.165, 1.54) is 44.1 Å². The van der Waals surface area contributed by atoms with Crippen molar-refractivity contribution < 1.29 is 19.7 Å². The van der Waals surface area contributed by atoms with E-state index in [9.17, 15) is 15.0 Å². The fourth-order valence-electron chi connectivity index (χ4n) is 8.99. The first kappa shape index (κ1) is 24.1. The second-order valence-corrected chi connectivity index (χ2v) is 12.6. The Bertz CT molecular complexity index is 729. The summed E-state index contributed by atoms with van der Waals surface area (Å²) >= 11 is 0. The molecule has 0 amide bonds. The van der Waals surface area contributed by atoms with E-state index in [1.54, 1.807) is 0 Å². The van der Waals surface area contributed by atoms with Gasteiger partial charge >= 0.3 is 6.16 Å². The monoisotopic (exact) mass is 446 g/mol. The molecule has 0 bridgehead atoms. The van der Waals surface area contributed by atoms with Gasteiger partial charge in [-0.05, 0) is 79.4 Å². The molecule has 3 fully saturated rings. The van der Waals surface area contributed by atoms with Gasteiger partial charge in [0.05, 0.1) is 6.10 Å². The van der Waals surface area contributed by atoms with Crippen molar-refractivity contribution in [3.05, 3.63) is 11.6 Å². The SMILES string of the molecule is CC(C)CCC[C@@H](C)[C@H]1CC[C@H]2[C@@H]3CC=C4C[C@@H](O)CC(OC(=O)O)[C@]4(C)[C@H]3CC[C@]12C. The van der Waals surface area contributed by atoms with E-state index in [0.717, 1.165) is 36.5 Å². The number of fused-ring (bicyclic) bond motifs is 5. The van der Waals surface area contributed by atoms with Gasteiger partial charge in [-0.3, -0.25) is 0 Å². The van der Waals surface area contributed by atoms with E-state index in [-0.39, 0.29) is 5.41 Å². The molecule has 4 aliphatic carbocycles. The molecule has 4 heteroatoms. The number of carboxylic acid groups (broad SMARTS) is 1. The van der Waals surface area contributed by atoms with E-state index in [0.29, 0.717) is 30.1 Å². The first-order valence-corrected chi connectivity index (χ1v) is 13.3. The molecule has 0 radical (unpaired) electrons. The molecule has 0 aromatic carbocycles. The van der Waals surface area contributed by atoms with Crippen LogP contribution in [0.2, 0.25) is 0 Å². The van der Waals surface area contributed by atoms with Crippen LogP contribution in [0.1, 0.15) is 98.8 Å². The Balaban J connectivity index is 1.55. The maximum atomic E-state index is 11.5. The van der Waals surface area contributed by atoms with Crippen LogP contribution in [0.5, 0.6) is 0 Å². The Kier molecular flexibility index (Phi) is 6.75. The molecule has 4 nitrogen and oxygen atoms in total. The second-order valence-electron chi connectivity index (χ2n) is 12.6. The largest absolute Gasteiger partial charge is 0.506 e. The molecular formula is C28H46O4. The molecule has 0 aromatic rings. The lowest BCUT2D eigenvalue weighted by Crippen LogP contribution is -2.56. The van der Waals surface area contributed by atoms with Crippen LogP contribution in [0.25, 0.3) is 0 Å². The van der Waals surface area contributed by atoms with Crippen LogP contribution in [0.4, 0.5) is 4.79 Å². The summed E-state index contributed by atoms with van der Waals surface area (Å²) < 4.78 is 5.46. The Labute approximate surface area is 195 Å². The maximum Gasteiger partial charge on any atom is 0.506 e. The molecule has 0 heterocycles. The summed E-state index contributed by atoms with van der Waals surface area (Å²) in [5.41, 5.74) is 1.41. The minimum absolute atomic E-state index is 0.261. The van der Waals surface area contributed by atoms with Gasteiger partial charge in [0.25, 0.3) is 0 Å². The number of aliphatic hydroxyl groups is 1. The number of hydrogen-bond acceptors (Lipinski definition) is 3. The highest BCUT2D eigenvalue weighted by atomic mass is 16.7. The van der Waals surface area contributed by atoms with E-state index in [2.05, 4.69) is 40.7 Å². The molecule has 0 spiro atoms. The van der Waals surface area contributed by atoms with Crippen LogP contribution in [0, 0.1) is 46.3 Å². The van der Waals surface area contributed by atoms with Gasteiger partial charge in [-0.25, -0.2) is 4.79 Å². The number of rotatable bonds is 6. The zero-order valence-electron chi connectivity index (χ0n) is 21.0. The molecule has 2 N–H and O–H groups in total. The molecule has 182 valence electrons. The highest BCUT2D eigenvalue weighted by Gasteiger charge is 2.61. The maximum absolute atomic E-state index is 11.5. The summed E-state index contributed by atoms with van der Waals surface area (Å²) in [4.78, 5) is 11.5. The summed E-state index contributed by atoms with van der Waals surface area (Å²) in [5.74, 6) is 4.21. The van der Waals surface area contributed by atoms with Crippen molar-refractivity contribution in [1.82, 2.24) is 0 Å². The number of hydrogen-bond donors (Lipinski definition) is 2. The van der Waals surface area contributed by atoms with E-state index in [1.807, 2.05) is 0 Å². The molecule has 3 saturated carbocycles. The van der Waals surface area contributed by atoms with Crippen LogP contribution in [-0.4, -0.2) is 28.6 Å². The van der Waals surface area contributed by atoms with Crippen molar-refractivity contribution in [3.63, 3.8) is 0 Å². The van der Waals surface area contributed by atoms with Crippen LogP contribution in [0.15, 0.2) is 11.6 Å². The number of carbonyl (C=O) groups is 1. The minimum atomic E-state index is -1.21. The third-order valence-electron chi connectivity index (χ3n) is 10.6. The van der Waals surface area contributed by atoms with Crippen LogP contribution >= 0.6 is 0 Å². The third kappa shape index (κ3) is 4.03. The third-order valence-corrected chi connectivity index (χ3v) is 10.6. The topological polar surface area (TPSA) is 66.8 Å². The average Bonchev–Trinajstić information content (AvgIpc) is 3.05. The van der Waals surface area contributed by atoms with E-state index >= 15 is 0 Å². The number of aliphatic hydroxyl groups excluding tert-OH is 1. The van der Waals surface area contributed by atoms with Gasteiger partial charge in [-0.1, -0.05) is 65.5 Å². The number of allylic oxidation sites excluding steroid dienone is 1. The van der Waals surface area contributed by atoms with Crippen molar-refractivity contribution >= 4 is 6.16 Å². The van der Waals surface area contributed by atoms with Gasteiger partial charge in [0.15, 0.2) is 0 Å². The standard InChI is InChI=1S/C28H46O4/c1-17(2)7-6-8-18(3)22-11-12-23-21-10-9-19-15-20(29)16-25(32-26(30)31)28(19,5)24(21)13-14-27(22,23)4/h9,17-18,20-25,29H,6-8,10-16H2,1-5H3,(H,30,31)/t18-,20-,21+,22-,23+,24+,25?,27-,28+/m1/s1. The summed E-state index contributed by atoms with van der Waals surface area (Å²) in [6.45, 7) is 12.0. The smallest absolute Gasteiger partial charge is 0.450 e. The lowest BCUT2D eigenvalue weighted by atomic mass is 9.46. The highest BCUT2D eigenvalue weighted by molar-refractivity contribution is 5.57. The molecule has 9 atom stereocenters. The molecule has 4 aliphatic rings. The van der Waals surface area contributed by atoms with E-state index < -0.39 is 18.4 Å². The Morgan fingerprint density at radius 2 is 1.91 bits per heavy atom. The van der Waals surface area contributed by atoms with Crippen LogP contribution in [-0.2, 0) is 4.74 Å². The Morgan fingerprint density at radius 3 is 2.59 bits per heavy atom. The molecule has 4 rings (SSSR count). The lowest BCUT2D eigenvalue weighted by molar-refractivity contribution is -0.116. The molecule has 0 saturated heterocycles. The van der Waals surface area contributed by atoms with Crippen molar-refractivity contribution in [2.75, 3.05) is 0 Å². The summed E-state index contributed by atoms with van der Waals surface area (Å²) in [5, 5.41) is 19.8. The Hall–Kier alpha value is -1.03. The van der Waals surface area contributed by atoms with Crippen molar-refractivity contribution in [2.24, 2.45) is 46.3 Å². The summed E-state index contributed by atoms with van der Waals surface area (Å²) in [6.07, 6.45) is 11.6. The predicted octanol–water partition coefficient (Wildman–Crippen LogP) is 7.06. The lowest BCUT2D eigenvalue weighted by Gasteiger charge is -2.59. The zero-order valence-corrected chi connectivity index (χ0v) is 21.0. The van der Waals surface area contributed by atoms with Crippen LogP contribution < -0.4 is 0 Å². The normalized spacial score (nSPS) is 44.3. The second kappa shape index (κ2) is 8.96. The van der Waals surface area contributed by atoms with Crippen molar-refractivity contribution in [1.29, 1.82) is 0 Å². The van der Waals surface area contributed by atoms with Gasteiger partial charge in [-0.15, -0.1) is 0 Å². The minimum Gasteiger partial charge on any atom is -0.450 e. The van der Waals surface area contributed by atoms with Gasteiger partial charge in [0, 0.05) is 11.8 Å². The first-order chi connectivity index (χ1) is 15.1. The Morgan fingerprint density at radius 1 is 1.16 bits per heavy atom. The van der Waals surface area contributed by atoms with Crippen molar-refractivity contribution in [3.8, 4) is 0 Å². The zero-order chi connectivity index (χ0) is 23.3. The molecule has 0 aromatic heterocycles. The van der Waals surface area contributed by atoms with Gasteiger partial charge in [0.1, 0.15) is 6.10 Å². The van der Waals surface area contributed by atoms with Crippen molar-refractivity contribution in [2.45, 2.75) is 111 Å². The first-order valence-electron chi connectivity index (χ1n) is 13.3. The average molecular weight is 447 g/mol. The fourth-order valence-corrected chi connectivity index (χ4v) is 8.99. The molecule has 1 unspecified atom stereocenters. The molecular weight excluding hydrogens is 400 g/mol. The quantitative estimate of drug-likeness (QED) is 0.338. The fraction of sp³-hybridized carbons (Fsp3) is 0.893. The van der Waals surface area contributed by atoms with Gasteiger partial charge < -0.3 is 14.9 Å². The molecule has 0 aliphatic heterocycles.